The average molecular weight is 434 g/mol. The third kappa shape index (κ3) is 10.9. The topological polar surface area (TPSA) is 116 Å². The molecule has 0 radical (unpaired) electrons. The van der Waals surface area contributed by atoms with Crippen molar-refractivity contribution in [2.24, 2.45) is 5.92 Å². The van der Waals surface area contributed by atoms with Gasteiger partial charge in [-0.15, -0.1) is 0 Å². The van der Waals surface area contributed by atoms with Crippen molar-refractivity contribution in [2.45, 2.75) is 59.1 Å². The van der Waals surface area contributed by atoms with Crippen LogP contribution < -0.4 is 0 Å². The Hall–Kier alpha value is -2.10. The van der Waals surface area contributed by atoms with Crippen LogP contribution in [0, 0.1) is 5.92 Å². The fraction of sp³-hybridized carbons (Fsp3) is 0.737. The Labute approximate surface area is 175 Å². The molecule has 0 heterocycles. The molecule has 0 aromatic rings. The minimum atomic E-state index is -1.18. The van der Waals surface area contributed by atoms with E-state index in [2.05, 4.69) is 4.74 Å². The zero-order valence-electron chi connectivity index (χ0n) is 18.1. The molecule has 2 atom stereocenters. The van der Waals surface area contributed by atoms with Crippen LogP contribution >= 0.6 is 11.8 Å². The highest BCUT2D eigenvalue weighted by Gasteiger charge is 2.36. The molecule has 0 aromatic carbocycles. The lowest BCUT2D eigenvalue weighted by atomic mass is 10.1. The van der Waals surface area contributed by atoms with E-state index in [4.69, 9.17) is 9.47 Å². The fourth-order valence-electron chi connectivity index (χ4n) is 2.34. The van der Waals surface area contributed by atoms with Crippen LogP contribution in [0.4, 0.5) is 0 Å². The van der Waals surface area contributed by atoms with E-state index in [0.29, 0.717) is 0 Å². The number of esters is 3. The number of rotatable bonds is 10. The predicted octanol–water partition coefficient (Wildman–Crippen LogP) is 1.57. The Morgan fingerprint density at radius 1 is 1.00 bits per heavy atom. The lowest BCUT2D eigenvalue weighted by Gasteiger charge is -2.32. The van der Waals surface area contributed by atoms with Crippen LogP contribution in [0.3, 0.4) is 0 Å². The fourth-order valence-corrected chi connectivity index (χ4v) is 2.97. The largest absolute Gasteiger partial charge is 0.469 e. The molecule has 0 saturated carbocycles. The summed E-state index contributed by atoms with van der Waals surface area (Å²) in [4.78, 5) is 61.5. The van der Waals surface area contributed by atoms with E-state index in [-0.39, 0.29) is 23.7 Å². The Morgan fingerprint density at radius 2 is 1.59 bits per heavy atom. The van der Waals surface area contributed by atoms with Crippen LogP contribution in [-0.2, 0) is 38.2 Å². The second-order valence-corrected chi connectivity index (χ2v) is 8.61. The molecule has 0 unspecified atom stereocenters. The lowest BCUT2D eigenvalue weighted by Crippen LogP contribution is -2.51. The molecule has 9 nitrogen and oxygen atoms in total. The van der Waals surface area contributed by atoms with Crippen molar-refractivity contribution in [3.05, 3.63) is 0 Å². The summed E-state index contributed by atoms with van der Waals surface area (Å²) in [5.41, 5.74) is -0.783. The molecular weight excluding hydrogens is 402 g/mol. The number of hydrogen-bond donors (Lipinski definition) is 0. The first-order valence-electron chi connectivity index (χ1n) is 9.12. The summed E-state index contributed by atoms with van der Waals surface area (Å²) in [5, 5.41) is -0.154. The summed E-state index contributed by atoms with van der Waals surface area (Å²) in [6.45, 7) is 7.52. The minimum Gasteiger partial charge on any atom is -0.469 e. The summed E-state index contributed by atoms with van der Waals surface area (Å²) in [7, 11) is 2.36. The predicted molar refractivity (Wildman–Crippen MR) is 107 cm³/mol. The van der Waals surface area contributed by atoms with Crippen molar-refractivity contribution in [1.29, 1.82) is 0 Å². The van der Waals surface area contributed by atoms with Crippen molar-refractivity contribution in [3.63, 3.8) is 0 Å². The van der Waals surface area contributed by atoms with Crippen LogP contribution in [0.1, 0.15) is 47.5 Å². The van der Waals surface area contributed by atoms with Gasteiger partial charge in [-0.05, 0) is 27.2 Å². The first-order valence-corrected chi connectivity index (χ1v) is 10.1. The first-order chi connectivity index (χ1) is 13.3. The van der Waals surface area contributed by atoms with Crippen LogP contribution in [0.25, 0.3) is 0 Å². The monoisotopic (exact) mass is 433 g/mol. The number of ether oxygens (including phenoxy) is 3. The van der Waals surface area contributed by atoms with Crippen molar-refractivity contribution in [2.75, 3.05) is 26.5 Å². The maximum absolute atomic E-state index is 13.0. The van der Waals surface area contributed by atoms with Crippen molar-refractivity contribution < 1.29 is 38.2 Å². The Morgan fingerprint density at radius 3 is 2.03 bits per heavy atom. The molecule has 0 spiro atoms. The zero-order valence-corrected chi connectivity index (χ0v) is 18.9. The molecule has 0 aromatic heterocycles. The van der Waals surface area contributed by atoms with Crippen molar-refractivity contribution in [3.8, 4) is 0 Å². The van der Waals surface area contributed by atoms with Gasteiger partial charge in [-0.1, -0.05) is 18.7 Å². The van der Waals surface area contributed by atoms with E-state index in [1.165, 1.54) is 14.0 Å². The molecule has 0 N–H and O–H groups in total. The summed E-state index contributed by atoms with van der Waals surface area (Å²) < 4.78 is 14.6. The molecule has 0 saturated heterocycles. The molecule has 0 rings (SSSR count). The second kappa shape index (κ2) is 12.5. The highest BCUT2D eigenvalue weighted by molar-refractivity contribution is 8.13. The number of methoxy groups -OCH3 is 2. The quantitative estimate of drug-likeness (QED) is 0.374. The molecule has 0 fully saturated rings. The van der Waals surface area contributed by atoms with Gasteiger partial charge in [-0.25, -0.2) is 4.79 Å². The zero-order chi connectivity index (χ0) is 22.8. The van der Waals surface area contributed by atoms with Gasteiger partial charge in [0.25, 0.3) is 0 Å². The van der Waals surface area contributed by atoms with Gasteiger partial charge < -0.3 is 19.1 Å². The van der Waals surface area contributed by atoms with Gasteiger partial charge in [0.2, 0.25) is 5.91 Å². The van der Waals surface area contributed by atoms with Gasteiger partial charge in [-0.3, -0.25) is 19.2 Å². The van der Waals surface area contributed by atoms with E-state index in [1.807, 2.05) is 0 Å². The van der Waals surface area contributed by atoms with Crippen molar-refractivity contribution in [1.82, 2.24) is 4.90 Å². The molecular formula is C19H31NO8S. The Kier molecular flexibility index (Phi) is 11.6. The maximum atomic E-state index is 13.0. The smallest absolute Gasteiger partial charge is 0.328 e. The van der Waals surface area contributed by atoms with Crippen LogP contribution in [0.5, 0.6) is 0 Å². The molecule has 166 valence electrons. The van der Waals surface area contributed by atoms with Crippen LogP contribution in [0.15, 0.2) is 0 Å². The molecule has 0 aliphatic carbocycles. The third-order valence-corrected chi connectivity index (χ3v) is 4.73. The Bertz CT molecular complexity index is 614. The van der Waals surface area contributed by atoms with Crippen LogP contribution in [0.2, 0.25) is 0 Å². The van der Waals surface area contributed by atoms with Crippen LogP contribution in [-0.4, -0.2) is 72.0 Å². The number of nitrogens with zero attached hydrogens (tertiary/aromatic N) is 1. The molecule has 10 heteroatoms. The average Bonchev–Trinajstić information content (AvgIpc) is 2.62. The van der Waals surface area contributed by atoms with Gasteiger partial charge >= 0.3 is 17.9 Å². The number of thioether (sulfide) groups is 1. The SMILES string of the molecule is COC(=O)CC[C@H](C(=O)OC)N(CC(=O)OC(C)(C)C)C(=O)[C@@H](C)CSC(C)=O. The normalized spacial score (nSPS) is 13.1. The highest BCUT2D eigenvalue weighted by atomic mass is 32.2. The number of carbonyl (C=O) groups excluding carboxylic acids is 5. The number of hydrogen-bond acceptors (Lipinski definition) is 9. The summed E-state index contributed by atoms with van der Waals surface area (Å²) in [6, 6.07) is -1.18. The minimum absolute atomic E-state index is 0.0829. The summed E-state index contributed by atoms with van der Waals surface area (Å²) in [5.74, 6) is -3.03. The van der Waals surface area contributed by atoms with Gasteiger partial charge in [0, 0.05) is 25.0 Å². The number of carbonyl (C=O) groups is 5. The van der Waals surface area contributed by atoms with Gasteiger partial charge in [-0.2, -0.15) is 0 Å². The Balaban J connectivity index is 5.69. The van der Waals surface area contributed by atoms with E-state index in [0.717, 1.165) is 23.8 Å². The van der Waals surface area contributed by atoms with Gasteiger partial charge in [0.05, 0.1) is 14.2 Å². The van der Waals surface area contributed by atoms with E-state index in [9.17, 15) is 24.0 Å². The second-order valence-electron chi connectivity index (χ2n) is 7.41. The molecule has 1 amide bonds. The summed E-state index contributed by atoms with van der Waals surface area (Å²) in [6.07, 6.45) is -0.231. The van der Waals surface area contributed by atoms with E-state index < -0.39 is 47.9 Å². The summed E-state index contributed by atoms with van der Waals surface area (Å²) >= 11 is 0.969. The van der Waals surface area contributed by atoms with Gasteiger partial charge in [0.1, 0.15) is 18.2 Å². The van der Waals surface area contributed by atoms with Gasteiger partial charge in [0.15, 0.2) is 5.12 Å². The van der Waals surface area contributed by atoms with E-state index >= 15 is 0 Å². The molecule has 0 aliphatic rings. The third-order valence-electron chi connectivity index (χ3n) is 3.66. The first kappa shape index (κ1) is 26.9. The number of amides is 1. The maximum Gasteiger partial charge on any atom is 0.328 e. The molecule has 0 bridgehead atoms. The lowest BCUT2D eigenvalue weighted by molar-refractivity contribution is -0.164. The van der Waals surface area contributed by atoms with Crippen molar-refractivity contribution >= 4 is 40.7 Å². The van der Waals surface area contributed by atoms with E-state index in [1.54, 1.807) is 27.7 Å². The molecule has 0 aliphatic heterocycles. The highest BCUT2D eigenvalue weighted by Crippen LogP contribution is 2.18. The standard InChI is InChI=1S/C19H31NO8S/c1-12(11-29-13(2)21)17(24)20(10-16(23)28-19(3,4)5)14(18(25)27-7)8-9-15(22)26-6/h12,14H,8-11H2,1-7H3/t12-,14+/m0/s1. The molecule has 29 heavy (non-hydrogen) atoms.